The van der Waals surface area contributed by atoms with E-state index in [2.05, 4.69) is 11.0 Å². The molecule has 6 heteroatoms. The van der Waals surface area contributed by atoms with Crippen LogP contribution in [0.3, 0.4) is 0 Å². The highest BCUT2D eigenvalue weighted by Crippen LogP contribution is 2.39. The van der Waals surface area contributed by atoms with Crippen molar-refractivity contribution < 1.29 is 19.0 Å². The zero-order valence-electron chi connectivity index (χ0n) is 16.0. The average molecular weight is 381 g/mol. The molecule has 0 radical (unpaired) electrons. The number of hydrogen-bond donors (Lipinski definition) is 1. The third kappa shape index (κ3) is 3.43. The van der Waals surface area contributed by atoms with Crippen LogP contribution in [0.25, 0.3) is 11.0 Å². The van der Waals surface area contributed by atoms with Crippen molar-refractivity contribution in [2.24, 2.45) is 0 Å². The van der Waals surface area contributed by atoms with Crippen molar-refractivity contribution in [3.05, 3.63) is 64.0 Å². The Hall–Kier alpha value is -2.99. The first kappa shape index (κ1) is 18.4. The van der Waals surface area contributed by atoms with Crippen LogP contribution in [0.2, 0.25) is 0 Å². The first-order valence-electron chi connectivity index (χ1n) is 9.31. The van der Waals surface area contributed by atoms with Crippen LogP contribution in [0, 0.1) is 0 Å². The molecule has 1 aromatic heterocycles. The summed E-state index contributed by atoms with van der Waals surface area (Å²) in [6.07, 6.45) is 2.09. The minimum absolute atomic E-state index is 0.0785. The number of methoxy groups -OCH3 is 2. The summed E-state index contributed by atoms with van der Waals surface area (Å²) in [5.74, 6) is 1.64. The molecule has 1 aliphatic rings. The Labute approximate surface area is 162 Å². The number of hydrogen-bond acceptors (Lipinski definition) is 6. The lowest BCUT2D eigenvalue weighted by molar-refractivity contribution is 0.243. The smallest absolute Gasteiger partial charge is 0.336 e. The normalized spacial score (nSPS) is 17.1. The first-order valence-corrected chi connectivity index (χ1v) is 9.31. The molecule has 0 spiro atoms. The molecule has 2 heterocycles. The molecule has 0 bridgehead atoms. The minimum Gasteiger partial charge on any atom is -0.508 e. The second-order valence-electron chi connectivity index (χ2n) is 7.01. The number of benzene rings is 2. The third-order valence-corrected chi connectivity index (χ3v) is 5.35. The van der Waals surface area contributed by atoms with Gasteiger partial charge in [0.1, 0.15) is 22.8 Å². The number of nitrogens with zero attached hydrogens (tertiary/aromatic N) is 1. The number of rotatable bonds is 5. The van der Waals surface area contributed by atoms with Gasteiger partial charge in [0.25, 0.3) is 0 Å². The number of likely N-dealkylation sites (tertiary alicyclic amines) is 1. The number of phenolic OH excluding ortho intramolecular Hbond substituents is 1. The van der Waals surface area contributed by atoms with Gasteiger partial charge in [0.05, 0.1) is 14.2 Å². The van der Waals surface area contributed by atoms with E-state index in [0.717, 1.165) is 47.4 Å². The molecule has 1 atom stereocenters. The highest BCUT2D eigenvalue weighted by molar-refractivity contribution is 5.81. The summed E-state index contributed by atoms with van der Waals surface area (Å²) in [7, 11) is 3.31. The van der Waals surface area contributed by atoms with Gasteiger partial charge in [0.2, 0.25) is 0 Å². The molecule has 2 aromatic carbocycles. The molecule has 1 aliphatic heterocycles. The lowest BCUT2D eigenvalue weighted by atomic mass is 10.0. The van der Waals surface area contributed by atoms with Gasteiger partial charge in [-0.05, 0) is 43.1 Å². The van der Waals surface area contributed by atoms with Gasteiger partial charge in [0, 0.05) is 41.7 Å². The molecule has 0 unspecified atom stereocenters. The van der Waals surface area contributed by atoms with Gasteiger partial charge in [0.15, 0.2) is 0 Å². The number of ether oxygens (including phenoxy) is 2. The maximum Gasteiger partial charge on any atom is 0.336 e. The molecule has 146 valence electrons. The Morgan fingerprint density at radius 1 is 1.14 bits per heavy atom. The Kier molecular flexibility index (Phi) is 4.96. The summed E-state index contributed by atoms with van der Waals surface area (Å²) in [4.78, 5) is 14.4. The zero-order valence-corrected chi connectivity index (χ0v) is 16.0. The molecule has 0 saturated carbocycles. The summed E-state index contributed by atoms with van der Waals surface area (Å²) in [6.45, 7) is 1.55. The van der Waals surface area contributed by atoms with Crippen LogP contribution < -0.4 is 15.1 Å². The minimum atomic E-state index is -0.411. The highest BCUT2D eigenvalue weighted by atomic mass is 16.5. The van der Waals surface area contributed by atoms with Gasteiger partial charge in [-0.25, -0.2) is 4.79 Å². The summed E-state index contributed by atoms with van der Waals surface area (Å²) >= 11 is 0. The maximum absolute atomic E-state index is 12.0. The van der Waals surface area contributed by atoms with E-state index in [0.29, 0.717) is 12.1 Å². The van der Waals surface area contributed by atoms with Crippen LogP contribution in [0.1, 0.15) is 30.0 Å². The molecular formula is C22H23NO5. The van der Waals surface area contributed by atoms with Gasteiger partial charge in [-0.3, -0.25) is 4.90 Å². The van der Waals surface area contributed by atoms with E-state index in [1.165, 1.54) is 6.07 Å². The van der Waals surface area contributed by atoms with Crippen molar-refractivity contribution >= 4 is 11.0 Å². The van der Waals surface area contributed by atoms with Crippen LogP contribution in [-0.4, -0.2) is 30.8 Å². The van der Waals surface area contributed by atoms with Crippen molar-refractivity contribution in [1.29, 1.82) is 0 Å². The fourth-order valence-corrected chi connectivity index (χ4v) is 4.03. The van der Waals surface area contributed by atoms with Gasteiger partial charge in [-0.1, -0.05) is 6.07 Å². The second kappa shape index (κ2) is 7.56. The maximum atomic E-state index is 12.0. The fourth-order valence-electron chi connectivity index (χ4n) is 4.03. The topological polar surface area (TPSA) is 72.1 Å². The largest absolute Gasteiger partial charge is 0.508 e. The van der Waals surface area contributed by atoms with Gasteiger partial charge < -0.3 is 19.0 Å². The van der Waals surface area contributed by atoms with Crippen LogP contribution in [0.4, 0.5) is 0 Å². The first-order chi connectivity index (χ1) is 13.6. The number of fused-ring (bicyclic) bond motifs is 1. The predicted octanol–water partition coefficient (Wildman–Crippen LogP) is 3.85. The van der Waals surface area contributed by atoms with E-state index in [1.54, 1.807) is 32.4 Å². The molecule has 1 N–H and O–H groups in total. The van der Waals surface area contributed by atoms with Gasteiger partial charge in [-0.2, -0.15) is 0 Å². The van der Waals surface area contributed by atoms with Crippen molar-refractivity contribution in [2.45, 2.75) is 25.4 Å². The standard InChI is InChI=1S/C22H23NO5/c1-26-16-6-8-18(20(12-16)27-2)19-4-3-9-23(19)13-14-10-22(25)28-21-11-15(24)5-7-17(14)21/h5-8,10-12,19,24H,3-4,9,13H2,1-2H3/t19-/m0/s1. The summed E-state index contributed by atoms with van der Waals surface area (Å²) in [6, 6.07) is 12.5. The van der Waals surface area contributed by atoms with E-state index in [-0.39, 0.29) is 11.8 Å². The van der Waals surface area contributed by atoms with Gasteiger partial charge >= 0.3 is 5.63 Å². The van der Waals surface area contributed by atoms with Crippen molar-refractivity contribution in [1.82, 2.24) is 4.90 Å². The molecule has 0 amide bonds. The van der Waals surface area contributed by atoms with Crippen LogP contribution >= 0.6 is 0 Å². The molecular weight excluding hydrogens is 358 g/mol. The zero-order chi connectivity index (χ0) is 19.7. The average Bonchev–Trinajstić information content (AvgIpc) is 3.14. The monoisotopic (exact) mass is 381 g/mol. The molecule has 1 fully saturated rings. The summed E-state index contributed by atoms with van der Waals surface area (Å²) < 4.78 is 16.2. The van der Waals surface area contributed by atoms with Gasteiger partial charge in [-0.15, -0.1) is 0 Å². The molecule has 28 heavy (non-hydrogen) atoms. The molecule has 6 nitrogen and oxygen atoms in total. The van der Waals surface area contributed by atoms with E-state index in [9.17, 15) is 9.90 Å². The van der Waals surface area contributed by atoms with Crippen LogP contribution in [0.15, 0.2) is 51.7 Å². The number of phenols is 1. The van der Waals surface area contributed by atoms with E-state index >= 15 is 0 Å². The Bertz CT molecular complexity index is 1060. The molecule has 1 saturated heterocycles. The summed E-state index contributed by atoms with van der Waals surface area (Å²) in [5, 5.41) is 10.5. The van der Waals surface area contributed by atoms with E-state index in [1.807, 2.05) is 12.1 Å². The molecule has 3 aromatic rings. The van der Waals surface area contributed by atoms with E-state index < -0.39 is 5.63 Å². The lowest BCUT2D eigenvalue weighted by Gasteiger charge is -2.26. The van der Waals surface area contributed by atoms with Crippen molar-refractivity contribution in [2.75, 3.05) is 20.8 Å². The highest BCUT2D eigenvalue weighted by Gasteiger charge is 2.29. The lowest BCUT2D eigenvalue weighted by Crippen LogP contribution is -2.24. The van der Waals surface area contributed by atoms with Crippen LogP contribution in [-0.2, 0) is 6.54 Å². The predicted molar refractivity (Wildman–Crippen MR) is 106 cm³/mol. The van der Waals surface area contributed by atoms with Crippen molar-refractivity contribution in [3.8, 4) is 17.2 Å². The molecule has 4 rings (SSSR count). The van der Waals surface area contributed by atoms with Crippen molar-refractivity contribution in [3.63, 3.8) is 0 Å². The van der Waals surface area contributed by atoms with Crippen LogP contribution in [0.5, 0.6) is 17.2 Å². The Morgan fingerprint density at radius 2 is 2.00 bits per heavy atom. The Balaban J connectivity index is 1.69. The quantitative estimate of drug-likeness (QED) is 0.677. The Morgan fingerprint density at radius 3 is 2.79 bits per heavy atom. The fraction of sp³-hybridized carbons (Fsp3) is 0.318. The molecule has 0 aliphatic carbocycles. The second-order valence-corrected chi connectivity index (χ2v) is 7.01. The SMILES string of the molecule is COc1ccc([C@@H]2CCCN2Cc2cc(=O)oc3cc(O)ccc23)c(OC)c1. The summed E-state index contributed by atoms with van der Waals surface area (Å²) in [5.41, 5.74) is 2.00. The number of aromatic hydroxyl groups is 1. The third-order valence-electron chi connectivity index (χ3n) is 5.35. The van der Waals surface area contributed by atoms with E-state index in [4.69, 9.17) is 13.9 Å².